The maximum atomic E-state index is 9.90. The van der Waals surface area contributed by atoms with Gasteiger partial charge in [-0.15, -0.1) is 0 Å². The second-order valence-corrected chi connectivity index (χ2v) is 5.58. The van der Waals surface area contributed by atoms with E-state index in [-0.39, 0.29) is 0 Å². The normalized spacial score (nSPS) is 16.1. The van der Waals surface area contributed by atoms with Gasteiger partial charge in [0.05, 0.1) is 19.3 Å². The monoisotopic (exact) mass is 289 g/mol. The predicted octanol–water partition coefficient (Wildman–Crippen LogP) is 2.59. The Balaban J connectivity index is 3.67. The van der Waals surface area contributed by atoms with Crippen LogP contribution in [0.15, 0.2) is 0 Å². The van der Waals surface area contributed by atoms with E-state index in [1.807, 2.05) is 0 Å². The topological polar surface area (TPSA) is 50.7 Å². The molecule has 0 aromatic carbocycles. The lowest BCUT2D eigenvalue weighted by molar-refractivity contribution is 0.0169. The number of nitrogens with one attached hydrogen (secondary N) is 1. The molecule has 0 aliphatic rings. The highest BCUT2D eigenvalue weighted by Gasteiger charge is 2.11. The first-order valence-corrected chi connectivity index (χ1v) is 8.15. The lowest BCUT2D eigenvalue weighted by Crippen LogP contribution is -2.39. The average Bonchev–Trinajstić information content (AvgIpc) is 2.46. The van der Waals surface area contributed by atoms with Gasteiger partial charge in [0, 0.05) is 26.3 Å². The fraction of sp³-hybridized carbons (Fsp3) is 1.00. The SMILES string of the molecule is CCCCC(CC)COCC(O)CNC(CC)COC. The van der Waals surface area contributed by atoms with Crippen LogP contribution in [-0.2, 0) is 9.47 Å². The summed E-state index contributed by atoms with van der Waals surface area (Å²) in [5, 5.41) is 13.2. The minimum absolute atomic E-state index is 0.308. The van der Waals surface area contributed by atoms with Crippen molar-refractivity contribution >= 4 is 0 Å². The maximum absolute atomic E-state index is 9.90. The molecule has 0 aliphatic carbocycles. The van der Waals surface area contributed by atoms with Gasteiger partial charge in [0.15, 0.2) is 0 Å². The second kappa shape index (κ2) is 13.8. The van der Waals surface area contributed by atoms with Gasteiger partial charge in [-0.1, -0.05) is 40.0 Å². The van der Waals surface area contributed by atoms with Gasteiger partial charge in [-0.25, -0.2) is 0 Å². The molecule has 122 valence electrons. The van der Waals surface area contributed by atoms with E-state index in [0.29, 0.717) is 31.7 Å². The van der Waals surface area contributed by atoms with Gasteiger partial charge in [-0.3, -0.25) is 0 Å². The number of methoxy groups -OCH3 is 1. The molecule has 0 aromatic heterocycles. The molecule has 0 rings (SSSR count). The number of hydrogen-bond acceptors (Lipinski definition) is 4. The molecular formula is C16H35NO3. The van der Waals surface area contributed by atoms with Crippen LogP contribution >= 0.6 is 0 Å². The van der Waals surface area contributed by atoms with E-state index in [1.54, 1.807) is 7.11 Å². The first-order valence-electron chi connectivity index (χ1n) is 8.15. The molecule has 0 saturated heterocycles. The zero-order valence-electron chi connectivity index (χ0n) is 13.9. The summed E-state index contributed by atoms with van der Waals surface area (Å²) in [4.78, 5) is 0. The zero-order valence-corrected chi connectivity index (χ0v) is 13.9. The fourth-order valence-electron chi connectivity index (χ4n) is 2.15. The van der Waals surface area contributed by atoms with Crippen LogP contribution in [0.4, 0.5) is 0 Å². The molecular weight excluding hydrogens is 254 g/mol. The fourth-order valence-corrected chi connectivity index (χ4v) is 2.15. The molecule has 3 unspecified atom stereocenters. The smallest absolute Gasteiger partial charge is 0.0897 e. The Hall–Kier alpha value is -0.160. The molecule has 0 fully saturated rings. The van der Waals surface area contributed by atoms with Gasteiger partial charge in [-0.05, 0) is 18.8 Å². The lowest BCUT2D eigenvalue weighted by Gasteiger charge is -2.20. The van der Waals surface area contributed by atoms with Crippen LogP contribution < -0.4 is 5.32 Å². The number of ether oxygens (including phenoxy) is 2. The zero-order chi connectivity index (χ0) is 15.2. The van der Waals surface area contributed by atoms with Crippen LogP contribution in [0, 0.1) is 5.92 Å². The van der Waals surface area contributed by atoms with Crippen molar-refractivity contribution in [3.8, 4) is 0 Å². The van der Waals surface area contributed by atoms with Gasteiger partial charge < -0.3 is 19.9 Å². The van der Waals surface area contributed by atoms with E-state index in [4.69, 9.17) is 9.47 Å². The van der Waals surface area contributed by atoms with E-state index < -0.39 is 6.10 Å². The van der Waals surface area contributed by atoms with Crippen LogP contribution in [-0.4, -0.2) is 50.7 Å². The average molecular weight is 289 g/mol. The Morgan fingerprint density at radius 3 is 2.35 bits per heavy atom. The highest BCUT2D eigenvalue weighted by atomic mass is 16.5. The van der Waals surface area contributed by atoms with E-state index in [0.717, 1.165) is 19.4 Å². The third-order valence-corrected chi connectivity index (χ3v) is 3.71. The Bertz CT molecular complexity index is 202. The molecule has 0 aromatic rings. The third kappa shape index (κ3) is 10.6. The molecule has 3 atom stereocenters. The van der Waals surface area contributed by atoms with Gasteiger partial charge in [0.1, 0.15) is 0 Å². The second-order valence-electron chi connectivity index (χ2n) is 5.58. The number of aliphatic hydroxyl groups is 1. The van der Waals surface area contributed by atoms with Crippen molar-refractivity contribution in [2.75, 3.05) is 33.5 Å². The Morgan fingerprint density at radius 1 is 1.05 bits per heavy atom. The maximum Gasteiger partial charge on any atom is 0.0897 e. The van der Waals surface area contributed by atoms with Crippen molar-refractivity contribution in [3.63, 3.8) is 0 Å². The lowest BCUT2D eigenvalue weighted by atomic mass is 10.0. The van der Waals surface area contributed by atoms with Crippen LogP contribution in [0.3, 0.4) is 0 Å². The van der Waals surface area contributed by atoms with Crippen molar-refractivity contribution < 1.29 is 14.6 Å². The van der Waals surface area contributed by atoms with E-state index in [2.05, 4.69) is 26.1 Å². The molecule has 0 saturated carbocycles. The van der Waals surface area contributed by atoms with E-state index in [9.17, 15) is 5.11 Å². The van der Waals surface area contributed by atoms with Gasteiger partial charge in [-0.2, -0.15) is 0 Å². The van der Waals surface area contributed by atoms with Crippen molar-refractivity contribution in [1.82, 2.24) is 5.32 Å². The largest absolute Gasteiger partial charge is 0.389 e. The molecule has 20 heavy (non-hydrogen) atoms. The molecule has 2 N–H and O–H groups in total. The molecule has 4 nitrogen and oxygen atoms in total. The summed E-state index contributed by atoms with van der Waals surface area (Å²) in [7, 11) is 1.70. The quantitative estimate of drug-likeness (QED) is 0.516. The van der Waals surface area contributed by atoms with Crippen LogP contribution in [0.25, 0.3) is 0 Å². The minimum atomic E-state index is -0.440. The minimum Gasteiger partial charge on any atom is -0.389 e. The standard InChI is InChI=1S/C16H35NO3/c1-5-8-9-14(6-2)11-20-13-16(18)10-17-15(7-3)12-19-4/h14-18H,5-13H2,1-4H3. The summed E-state index contributed by atoms with van der Waals surface area (Å²) >= 11 is 0. The van der Waals surface area contributed by atoms with Crippen LogP contribution in [0.5, 0.6) is 0 Å². The summed E-state index contributed by atoms with van der Waals surface area (Å²) in [5.74, 6) is 0.631. The summed E-state index contributed by atoms with van der Waals surface area (Å²) in [6.45, 7) is 8.96. The number of unbranched alkanes of at least 4 members (excludes halogenated alkanes) is 1. The van der Waals surface area contributed by atoms with Crippen molar-refractivity contribution in [2.24, 2.45) is 5.92 Å². The van der Waals surface area contributed by atoms with E-state index in [1.165, 1.54) is 19.3 Å². The molecule has 0 bridgehead atoms. The van der Waals surface area contributed by atoms with Crippen LogP contribution in [0.2, 0.25) is 0 Å². The van der Waals surface area contributed by atoms with E-state index >= 15 is 0 Å². The molecule has 0 heterocycles. The molecule has 0 amide bonds. The summed E-state index contributed by atoms with van der Waals surface area (Å²) in [6, 6.07) is 0.308. The third-order valence-electron chi connectivity index (χ3n) is 3.71. The molecule has 0 radical (unpaired) electrons. The Labute approximate surface area is 125 Å². The molecule has 4 heteroatoms. The first-order chi connectivity index (χ1) is 9.67. The summed E-state index contributed by atoms with van der Waals surface area (Å²) in [6.07, 6.45) is 5.44. The Morgan fingerprint density at radius 2 is 1.80 bits per heavy atom. The highest BCUT2D eigenvalue weighted by molar-refractivity contribution is 4.67. The predicted molar refractivity (Wildman–Crippen MR) is 84.1 cm³/mol. The summed E-state index contributed by atoms with van der Waals surface area (Å²) in [5.41, 5.74) is 0. The van der Waals surface area contributed by atoms with Gasteiger partial charge >= 0.3 is 0 Å². The van der Waals surface area contributed by atoms with Crippen molar-refractivity contribution in [1.29, 1.82) is 0 Å². The first kappa shape index (κ1) is 19.8. The van der Waals surface area contributed by atoms with Crippen molar-refractivity contribution in [3.05, 3.63) is 0 Å². The van der Waals surface area contributed by atoms with Gasteiger partial charge in [0.25, 0.3) is 0 Å². The number of hydrogen-bond donors (Lipinski definition) is 2. The summed E-state index contributed by atoms with van der Waals surface area (Å²) < 4.78 is 10.8. The van der Waals surface area contributed by atoms with Crippen LogP contribution in [0.1, 0.15) is 52.9 Å². The Kier molecular flexibility index (Phi) is 13.7. The number of aliphatic hydroxyl groups excluding tert-OH is 1. The highest BCUT2D eigenvalue weighted by Crippen LogP contribution is 2.12. The molecule has 0 spiro atoms. The number of rotatable bonds is 14. The van der Waals surface area contributed by atoms with Gasteiger partial charge in [0.2, 0.25) is 0 Å². The molecule has 0 aliphatic heterocycles. The van der Waals surface area contributed by atoms with Crippen molar-refractivity contribution in [2.45, 2.75) is 65.0 Å².